The third kappa shape index (κ3) is 4.00. The largest absolute Gasteiger partial charge is 0.507 e. The number of tetrazole rings is 1. The molecule has 0 aliphatic heterocycles. The second-order valence-corrected chi connectivity index (χ2v) is 10.6. The number of H-pyrrole nitrogens is 1. The predicted molar refractivity (Wildman–Crippen MR) is 119 cm³/mol. The molecule has 11 heteroatoms. The molecule has 0 unspecified atom stereocenters. The van der Waals surface area contributed by atoms with E-state index in [4.69, 9.17) is 16.3 Å². The standard InChI is InChI=1S/C21H22ClN5O4S/c22-16-10-17(23-21-24-26-27-25-21)14-5-2-6-15(14)20(16)31-13-7-8-18(28)19(9-13)32(29,30)11-12-3-1-4-12/h7-10,12,28H,1-6,11H2,(H2,23,24,25,26,27). The Labute approximate surface area is 190 Å². The first-order valence-electron chi connectivity index (χ1n) is 10.5. The highest BCUT2D eigenvalue weighted by Gasteiger charge is 2.29. The van der Waals surface area contributed by atoms with Crippen LogP contribution in [0, 0.1) is 5.92 Å². The number of ether oxygens (including phenoxy) is 1. The van der Waals surface area contributed by atoms with E-state index in [-0.39, 0.29) is 22.3 Å². The van der Waals surface area contributed by atoms with Gasteiger partial charge in [0.2, 0.25) is 0 Å². The molecule has 2 aliphatic carbocycles. The third-order valence-electron chi connectivity index (χ3n) is 6.06. The molecule has 0 saturated heterocycles. The van der Waals surface area contributed by atoms with Crippen LogP contribution in [0.25, 0.3) is 0 Å². The maximum atomic E-state index is 12.8. The lowest BCUT2D eigenvalue weighted by atomic mass is 9.87. The average molecular weight is 476 g/mol. The van der Waals surface area contributed by atoms with Crippen molar-refractivity contribution >= 4 is 33.1 Å². The molecule has 1 fully saturated rings. The molecule has 1 heterocycles. The molecule has 3 aromatic rings. The number of aromatic hydroxyl groups is 1. The van der Waals surface area contributed by atoms with Crippen LogP contribution < -0.4 is 10.1 Å². The molecule has 0 amide bonds. The van der Waals surface area contributed by atoms with Crippen molar-refractivity contribution in [1.82, 2.24) is 20.6 Å². The Morgan fingerprint density at radius 3 is 2.72 bits per heavy atom. The van der Waals surface area contributed by atoms with Gasteiger partial charge in [0.1, 0.15) is 22.1 Å². The number of benzene rings is 2. The normalized spacial score (nSPS) is 15.9. The fourth-order valence-electron chi connectivity index (χ4n) is 4.26. The van der Waals surface area contributed by atoms with Gasteiger partial charge in [-0.15, -0.1) is 5.10 Å². The number of phenols is 1. The minimum Gasteiger partial charge on any atom is -0.507 e. The second kappa shape index (κ2) is 8.25. The molecular formula is C21H22ClN5O4S. The van der Waals surface area contributed by atoms with E-state index in [0.29, 0.717) is 22.5 Å². The van der Waals surface area contributed by atoms with Crippen molar-refractivity contribution in [3.63, 3.8) is 0 Å². The third-order valence-corrected chi connectivity index (χ3v) is 8.25. The zero-order valence-corrected chi connectivity index (χ0v) is 18.7. The number of phenolic OH excluding ortho intramolecular Hbond substituents is 1. The van der Waals surface area contributed by atoms with E-state index in [1.54, 1.807) is 12.1 Å². The number of aromatic amines is 1. The Morgan fingerprint density at radius 1 is 1.19 bits per heavy atom. The molecule has 0 atom stereocenters. The Kier molecular flexibility index (Phi) is 5.42. The molecule has 1 aromatic heterocycles. The van der Waals surface area contributed by atoms with Gasteiger partial charge in [0.15, 0.2) is 9.84 Å². The van der Waals surface area contributed by atoms with E-state index in [0.717, 1.165) is 55.3 Å². The van der Waals surface area contributed by atoms with Crippen molar-refractivity contribution < 1.29 is 18.3 Å². The van der Waals surface area contributed by atoms with Gasteiger partial charge < -0.3 is 15.2 Å². The van der Waals surface area contributed by atoms with Gasteiger partial charge in [-0.05, 0) is 67.0 Å². The van der Waals surface area contributed by atoms with E-state index in [9.17, 15) is 13.5 Å². The lowest BCUT2D eigenvalue weighted by Gasteiger charge is -2.25. The summed E-state index contributed by atoms with van der Waals surface area (Å²) < 4.78 is 31.8. The molecule has 5 rings (SSSR count). The van der Waals surface area contributed by atoms with Crippen LogP contribution in [0.4, 0.5) is 11.6 Å². The minimum absolute atomic E-state index is 0.0383. The van der Waals surface area contributed by atoms with Gasteiger partial charge in [0.25, 0.3) is 5.95 Å². The molecule has 0 bridgehead atoms. The monoisotopic (exact) mass is 475 g/mol. The number of hydrogen-bond acceptors (Lipinski definition) is 8. The van der Waals surface area contributed by atoms with Gasteiger partial charge in [-0.3, -0.25) is 0 Å². The summed E-state index contributed by atoms with van der Waals surface area (Å²) in [7, 11) is -3.62. The van der Waals surface area contributed by atoms with E-state index in [1.807, 2.05) is 0 Å². The summed E-state index contributed by atoms with van der Waals surface area (Å²) in [6.07, 6.45) is 5.40. The summed E-state index contributed by atoms with van der Waals surface area (Å²) in [5.41, 5.74) is 2.78. The van der Waals surface area contributed by atoms with Crippen LogP contribution in [0.3, 0.4) is 0 Å². The van der Waals surface area contributed by atoms with Crippen molar-refractivity contribution in [1.29, 1.82) is 0 Å². The molecule has 9 nitrogen and oxygen atoms in total. The average Bonchev–Trinajstić information content (AvgIpc) is 3.41. The van der Waals surface area contributed by atoms with Gasteiger partial charge in [-0.2, -0.15) is 5.21 Å². The van der Waals surface area contributed by atoms with Gasteiger partial charge in [-0.1, -0.05) is 23.1 Å². The second-order valence-electron chi connectivity index (χ2n) is 8.22. The molecule has 168 valence electrons. The molecular weight excluding hydrogens is 454 g/mol. The summed E-state index contributed by atoms with van der Waals surface area (Å²) in [6, 6.07) is 6.02. The summed E-state index contributed by atoms with van der Waals surface area (Å²) in [6.45, 7) is 0. The van der Waals surface area contributed by atoms with Crippen molar-refractivity contribution in [3.05, 3.63) is 40.4 Å². The lowest BCUT2D eigenvalue weighted by molar-refractivity contribution is 0.346. The summed E-state index contributed by atoms with van der Waals surface area (Å²) >= 11 is 6.56. The molecule has 0 radical (unpaired) electrons. The number of nitrogens with zero attached hydrogens (tertiary/aromatic N) is 3. The van der Waals surface area contributed by atoms with Crippen LogP contribution in [0.15, 0.2) is 29.2 Å². The van der Waals surface area contributed by atoms with Crippen LogP contribution >= 0.6 is 11.6 Å². The molecule has 0 spiro atoms. The van der Waals surface area contributed by atoms with Crippen molar-refractivity contribution in [2.45, 2.75) is 43.4 Å². The summed E-state index contributed by atoms with van der Waals surface area (Å²) in [4.78, 5) is -0.106. The van der Waals surface area contributed by atoms with E-state index in [2.05, 4.69) is 25.9 Å². The molecule has 32 heavy (non-hydrogen) atoms. The van der Waals surface area contributed by atoms with Gasteiger partial charge in [-0.25, -0.2) is 8.42 Å². The quantitative estimate of drug-likeness (QED) is 0.464. The highest BCUT2D eigenvalue weighted by Crippen LogP contribution is 2.44. The topological polar surface area (TPSA) is 130 Å². The van der Waals surface area contributed by atoms with Gasteiger partial charge in [0, 0.05) is 17.3 Å². The first-order valence-corrected chi connectivity index (χ1v) is 12.5. The zero-order valence-electron chi connectivity index (χ0n) is 17.1. The van der Waals surface area contributed by atoms with Crippen molar-refractivity contribution in [2.75, 3.05) is 11.1 Å². The SMILES string of the molecule is O=S(=O)(CC1CCC1)c1cc(Oc2c(Cl)cc(Nc3nn[nH]n3)c3c2CCC3)ccc1O. The van der Waals surface area contributed by atoms with Crippen LogP contribution in [0.1, 0.15) is 36.8 Å². The summed E-state index contributed by atoms with van der Waals surface area (Å²) in [5.74, 6) is 1.06. The molecule has 2 aliphatic rings. The predicted octanol–water partition coefficient (Wildman–Crippen LogP) is 4.16. The number of aromatic nitrogens is 4. The molecule has 3 N–H and O–H groups in total. The molecule has 2 aromatic carbocycles. The number of rotatable bonds is 7. The number of sulfone groups is 1. The maximum Gasteiger partial charge on any atom is 0.267 e. The van der Waals surface area contributed by atoms with E-state index in [1.165, 1.54) is 12.1 Å². The van der Waals surface area contributed by atoms with Crippen LogP contribution in [-0.4, -0.2) is 39.9 Å². The number of nitrogens with one attached hydrogen (secondary N) is 2. The summed E-state index contributed by atoms with van der Waals surface area (Å²) in [5, 5.41) is 27.5. The highest BCUT2D eigenvalue weighted by atomic mass is 35.5. The Bertz CT molecular complexity index is 1260. The van der Waals surface area contributed by atoms with Crippen molar-refractivity contribution in [3.8, 4) is 17.2 Å². The van der Waals surface area contributed by atoms with Crippen molar-refractivity contribution in [2.24, 2.45) is 5.92 Å². The number of hydrogen-bond donors (Lipinski definition) is 3. The number of halogens is 1. The first-order chi connectivity index (χ1) is 15.4. The van der Waals surface area contributed by atoms with Crippen LogP contribution in [-0.2, 0) is 22.7 Å². The van der Waals surface area contributed by atoms with Gasteiger partial charge in [0.05, 0.1) is 10.8 Å². The minimum atomic E-state index is -3.62. The maximum absolute atomic E-state index is 12.8. The van der Waals surface area contributed by atoms with Crippen LogP contribution in [0.2, 0.25) is 5.02 Å². The first kappa shape index (κ1) is 21.0. The van der Waals surface area contributed by atoms with Crippen LogP contribution in [0.5, 0.6) is 17.2 Å². The number of fused-ring (bicyclic) bond motifs is 1. The fraction of sp³-hybridized carbons (Fsp3) is 0.381. The Balaban J connectivity index is 1.46. The lowest BCUT2D eigenvalue weighted by Crippen LogP contribution is -2.22. The Hall–Kier alpha value is -2.85. The van der Waals surface area contributed by atoms with E-state index < -0.39 is 9.84 Å². The van der Waals surface area contributed by atoms with E-state index >= 15 is 0 Å². The molecule has 1 saturated carbocycles. The Morgan fingerprint density at radius 2 is 2.00 bits per heavy atom. The smallest absolute Gasteiger partial charge is 0.267 e. The zero-order chi connectivity index (χ0) is 22.3. The highest BCUT2D eigenvalue weighted by molar-refractivity contribution is 7.91. The number of anilines is 2. The van der Waals surface area contributed by atoms with Gasteiger partial charge >= 0.3 is 0 Å². The fourth-order valence-corrected chi connectivity index (χ4v) is 6.33.